The highest BCUT2D eigenvalue weighted by atomic mass is 16.6. The van der Waals surface area contributed by atoms with Crippen molar-refractivity contribution < 1.29 is 23.9 Å². The highest BCUT2D eigenvalue weighted by molar-refractivity contribution is 6.37. The van der Waals surface area contributed by atoms with E-state index in [4.69, 9.17) is 15.2 Å². The summed E-state index contributed by atoms with van der Waals surface area (Å²) < 4.78 is 10.1. The van der Waals surface area contributed by atoms with Crippen molar-refractivity contribution in [1.29, 1.82) is 0 Å². The first kappa shape index (κ1) is 29.4. The number of amides is 2. The Labute approximate surface area is 240 Å². The van der Waals surface area contributed by atoms with E-state index in [1.165, 1.54) is 7.11 Å². The molecule has 41 heavy (non-hydrogen) atoms. The molecule has 1 atom stereocenters. The molecule has 5 N–H and O–H groups in total. The summed E-state index contributed by atoms with van der Waals surface area (Å²) in [5.74, 6) is -0.745. The van der Waals surface area contributed by atoms with Gasteiger partial charge in [0.1, 0.15) is 5.60 Å². The molecule has 0 saturated carbocycles. The summed E-state index contributed by atoms with van der Waals surface area (Å²) in [6, 6.07) is 22.1. The lowest BCUT2D eigenvalue weighted by atomic mass is 9.98. The molecule has 4 rings (SSSR count). The SMILES string of the molecule is COC(=O)c1ccc2c(c1)NC(=O)C2=C(Nc1ccc(C(N)CCCNC(=O)OC(C)(C)C)cc1)c1ccccc1. The number of hydrogen-bond acceptors (Lipinski definition) is 7. The normalized spacial score (nSPS) is 14.4. The first-order valence-electron chi connectivity index (χ1n) is 13.5. The van der Waals surface area contributed by atoms with E-state index in [0.717, 1.165) is 16.8 Å². The summed E-state index contributed by atoms with van der Waals surface area (Å²) in [6.07, 6.45) is 0.954. The fraction of sp³-hybridized carbons (Fsp3) is 0.281. The van der Waals surface area contributed by atoms with E-state index in [2.05, 4.69) is 16.0 Å². The van der Waals surface area contributed by atoms with Gasteiger partial charge >= 0.3 is 12.1 Å². The van der Waals surface area contributed by atoms with Gasteiger partial charge in [-0.15, -0.1) is 0 Å². The summed E-state index contributed by atoms with van der Waals surface area (Å²) in [5.41, 5.74) is 11.2. The minimum Gasteiger partial charge on any atom is -0.465 e. The predicted octanol–water partition coefficient (Wildman–Crippen LogP) is 5.71. The molecular weight excluding hydrogens is 520 g/mol. The molecule has 0 spiro atoms. The number of methoxy groups -OCH3 is 1. The lowest BCUT2D eigenvalue weighted by molar-refractivity contribution is -0.110. The molecule has 2 amide bonds. The first-order chi connectivity index (χ1) is 19.6. The van der Waals surface area contributed by atoms with Crippen molar-refractivity contribution >= 4 is 40.6 Å². The van der Waals surface area contributed by atoms with Gasteiger partial charge < -0.3 is 31.2 Å². The second kappa shape index (κ2) is 12.7. The van der Waals surface area contributed by atoms with Crippen molar-refractivity contribution in [2.45, 2.75) is 45.3 Å². The molecule has 1 heterocycles. The molecule has 0 saturated heterocycles. The number of alkyl carbamates (subject to hydrolysis) is 1. The van der Waals surface area contributed by atoms with Gasteiger partial charge in [0.25, 0.3) is 5.91 Å². The monoisotopic (exact) mass is 556 g/mol. The van der Waals surface area contributed by atoms with Gasteiger partial charge in [-0.25, -0.2) is 9.59 Å². The van der Waals surface area contributed by atoms with Crippen LogP contribution in [0.1, 0.15) is 66.7 Å². The minimum atomic E-state index is -0.536. The zero-order chi connectivity index (χ0) is 29.6. The van der Waals surface area contributed by atoms with Crippen LogP contribution < -0.4 is 21.7 Å². The fourth-order valence-corrected chi connectivity index (χ4v) is 4.50. The third kappa shape index (κ3) is 7.52. The molecule has 1 aliphatic heterocycles. The Bertz CT molecular complexity index is 1440. The Kier molecular flexibility index (Phi) is 9.09. The van der Waals surface area contributed by atoms with Gasteiger partial charge in [-0.2, -0.15) is 0 Å². The van der Waals surface area contributed by atoms with Crippen LogP contribution in [0, 0.1) is 0 Å². The molecule has 0 bridgehead atoms. The smallest absolute Gasteiger partial charge is 0.407 e. The van der Waals surface area contributed by atoms with Crippen LogP contribution in [-0.2, 0) is 14.3 Å². The first-order valence-corrected chi connectivity index (χ1v) is 13.5. The van der Waals surface area contributed by atoms with Gasteiger partial charge in [-0.05, 0) is 69.0 Å². The number of esters is 1. The van der Waals surface area contributed by atoms with Crippen molar-refractivity contribution in [2.75, 3.05) is 24.3 Å². The van der Waals surface area contributed by atoms with Crippen LogP contribution in [0.2, 0.25) is 0 Å². The van der Waals surface area contributed by atoms with E-state index in [0.29, 0.717) is 47.5 Å². The van der Waals surface area contributed by atoms with Gasteiger partial charge in [-0.1, -0.05) is 48.5 Å². The Morgan fingerprint density at radius 3 is 2.34 bits per heavy atom. The zero-order valence-corrected chi connectivity index (χ0v) is 23.7. The lowest BCUT2D eigenvalue weighted by Crippen LogP contribution is -2.33. The van der Waals surface area contributed by atoms with E-state index in [9.17, 15) is 14.4 Å². The third-order valence-corrected chi connectivity index (χ3v) is 6.47. The lowest BCUT2D eigenvalue weighted by Gasteiger charge is -2.20. The van der Waals surface area contributed by atoms with Gasteiger partial charge in [0, 0.05) is 23.8 Å². The molecule has 0 aliphatic carbocycles. The van der Waals surface area contributed by atoms with Crippen molar-refractivity contribution in [2.24, 2.45) is 5.73 Å². The van der Waals surface area contributed by atoms with Gasteiger partial charge in [0.2, 0.25) is 0 Å². The van der Waals surface area contributed by atoms with Crippen molar-refractivity contribution in [3.63, 3.8) is 0 Å². The number of carbonyl (C=O) groups excluding carboxylic acids is 3. The van der Waals surface area contributed by atoms with Crippen molar-refractivity contribution in [1.82, 2.24) is 5.32 Å². The highest BCUT2D eigenvalue weighted by Crippen LogP contribution is 2.38. The van der Waals surface area contributed by atoms with Crippen LogP contribution in [0.4, 0.5) is 16.2 Å². The Morgan fingerprint density at radius 2 is 1.68 bits per heavy atom. The third-order valence-electron chi connectivity index (χ3n) is 6.47. The molecule has 3 aromatic carbocycles. The molecular formula is C32H36N4O5. The Hall–Kier alpha value is -4.63. The quantitative estimate of drug-likeness (QED) is 0.151. The number of benzene rings is 3. The summed E-state index contributed by atoms with van der Waals surface area (Å²) in [7, 11) is 1.32. The number of fused-ring (bicyclic) bond motifs is 1. The van der Waals surface area contributed by atoms with E-state index < -0.39 is 17.7 Å². The maximum Gasteiger partial charge on any atom is 0.407 e. The Balaban J connectivity index is 1.50. The summed E-state index contributed by atoms with van der Waals surface area (Å²) in [5, 5.41) is 9.06. The number of carbonyl (C=O) groups is 3. The average Bonchev–Trinajstić information content (AvgIpc) is 3.27. The molecule has 3 aromatic rings. The molecule has 1 unspecified atom stereocenters. The maximum absolute atomic E-state index is 13.2. The van der Waals surface area contributed by atoms with Crippen LogP contribution in [0.15, 0.2) is 72.8 Å². The molecule has 9 nitrogen and oxygen atoms in total. The fourth-order valence-electron chi connectivity index (χ4n) is 4.50. The van der Waals surface area contributed by atoms with Crippen LogP contribution in [0.25, 0.3) is 11.3 Å². The average molecular weight is 557 g/mol. The standard InChI is InChI=1S/C32H36N4O5/c1-32(2,3)41-31(39)34-18-8-11-25(33)20-12-15-23(16-13-20)35-28(21-9-6-5-7-10-21)27-24-17-14-22(30(38)40-4)19-26(24)36-29(27)37/h5-7,9-10,12-17,19,25,35H,8,11,18,33H2,1-4H3,(H,34,39)(H,36,37). The highest BCUT2D eigenvalue weighted by Gasteiger charge is 2.29. The number of rotatable bonds is 9. The summed E-state index contributed by atoms with van der Waals surface area (Å²) in [4.78, 5) is 37.0. The Morgan fingerprint density at radius 1 is 0.976 bits per heavy atom. The molecule has 0 aromatic heterocycles. The van der Waals surface area contributed by atoms with Crippen LogP contribution in [0.5, 0.6) is 0 Å². The molecule has 0 radical (unpaired) electrons. The second-order valence-electron chi connectivity index (χ2n) is 10.7. The number of ether oxygens (including phenoxy) is 2. The largest absolute Gasteiger partial charge is 0.465 e. The molecule has 1 aliphatic rings. The molecule has 9 heteroatoms. The van der Waals surface area contributed by atoms with E-state index in [1.807, 2.05) is 75.4 Å². The predicted molar refractivity (Wildman–Crippen MR) is 160 cm³/mol. The molecule has 0 fully saturated rings. The second-order valence-corrected chi connectivity index (χ2v) is 10.7. The maximum atomic E-state index is 13.2. The van der Waals surface area contributed by atoms with Gasteiger partial charge in [-0.3, -0.25) is 4.79 Å². The van der Waals surface area contributed by atoms with Crippen LogP contribution in [-0.4, -0.2) is 37.2 Å². The van der Waals surface area contributed by atoms with E-state index >= 15 is 0 Å². The number of nitrogens with two attached hydrogens (primary N) is 1. The number of anilines is 2. The van der Waals surface area contributed by atoms with E-state index in [-0.39, 0.29) is 11.9 Å². The van der Waals surface area contributed by atoms with Crippen LogP contribution >= 0.6 is 0 Å². The summed E-state index contributed by atoms with van der Waals surface area (Å²) >= 11 is 0. The van der Waals surface area contributed by atoms with Crippen molar-refractivity contribution in [3.8, 4) is 0 Å². The number of nitrogens with one attached hydrogen (secondary N) is 3. The minimum absolute atomic E-state index is 0.201. The number of hydrogen-bond donors (Lipinski definition) is 4. The summed E-state index contributed by atoms with van der Waals surface area (Å²) in [6.45, 7) is 5.94. The van der Waals surface area contributed by atoms with E-state index in [1.54, 1.807) is 18.2 Å². The van der Waals surface area contributed by atoms with Crippen LogP contribution in [0.3, 0.4) is 0 Å². The zero-order valence-electron chi connectivity index (χ0n) is 23.7. The van der Waals surface area contributed by atoms with Crippen molar-refractivity contribution in [3.05, 3.63) is 95.1 Å². The molecule has 214 valence electrons. The topological polar surface area (TPSA) is 132 Å². The van der Waals surface area contributed by atoms with Gasteiger partial charge in [0.15, 0.2) is 0 Å². The van der Waals surface area contributed by atoms with Gasteiger partial charge in [0.05, 0.1) is 29.6 Å².